The SMILES string of the molecule is Cc1cc(I)ccc1Nc1c(C(=O)NOC2CCCC2)ccc(F)c1F. The summed E-state index contributed by atoms with van der Waals surface area (Å²) < 4.78 is 29.2. The van der Waals surface area contributed by atoms with E-state index in [2.05, 4.69) is 33.4 Å². The lowest BCUT2D eigenvalue weighted by atomic mass is 10.1. The highest BCUT2D eigenvalue weighted by Gasteiger charge is 2.22. The minimum absolute atomic E-state index is 0.0140. The third-order valence-electron chi connectivity index (χ3n) is 4.41. The summed E-state index contributed by atoms with van der Waals surface area (Å²) in [7, 11) is 0. The second kappa shape index (κ2) is 8.30. The van der Waals surface area contributed by atoms with Crippen LogP contribution in [0.4, 0.5) is 20.2 Å². The van der Waals surface area contributed by atoms with Crippen molar-refractivity contribution in [1.82, 2.24) is 5.48 Å². The monoisotopic (exact) mass is 472 g/mol. The standard InChI is InChI=1S/C19H19F2IN2O2/c1-11-10-12(22)6-9-16(11)23-18-14(7-8-15(20)17(18)21)19(25)24-26-13-4-2-3-5-13/h6-10,13,23H,2-5H2,1H3,(H,24,25). The van der Waals surface area contributed by atoms with Gasteiger partial charge in [-0.25, -0.2) is 14.3 Å². The maximum absolute atomic E-state index is 14.4. The van der Waals surface area contributed by atoms with Gasteiger partial charge in [0.25, 0.3) is 5.91 Å². The summed E-state index contributed by atoms with van der Waals surface area (Å²) in [6.07, 6.45) is 3.85. The molecule has 0 atom stereocenters. The molecule has 0 bridgehead atoms. The minimum atomic E-state index is -1.10. The number of halogens is 3. The zero-order valence-corrected chi connectivity index (χ0v) is 16.4. The Labute approximate surface area is 164 Å². The Morgan fingerprint density at radius 3 is 2.62 bits per heavy atom. The molecule has 138 valence electrons. The van der Waals surface area contributed by atoms with E-state index in [-0.39, 0.29) is 17.4 Å². The molecular weight excluding hydrogens is 453 g/mol. The molecule has 1 aliphatic rings. The first kappa shape index (κ1) is 19.0. The van der Waals surface area contributed by atoms with Crippen LogP contribution < -0.4 is 10.8 Å². The smallest absolute Gasteiger partial charge is 0.277 e. The Morgan fingerprint density at radius 1 is 1.19 bits per heavy atom. The molecule has 1 amide bonds. The van der Waals surface area contributed by atoms with Crippen molar-refractivity contribution in [3.8, 4) is 0 Å². The molecule has 1 fully saturated rings. The van der Waals surface area contributed by atoms with Gasteiger partial charge in [-0.1, -0.05) is 12.8 Å². The quantitative estimate of drug-likeness (QED) is 0.463. The van der Waals surface area contributed by atoms with Gasteiger partial charge in [0, 0.05) is 9.26 Å². The van der Waals surface area contributed by atoms with Gasteiger partial charge >= 0.3 is 0 Å². The Kier molecular flexibility index (Phi) is 6.08. The molecule has 4 nitrogen and oxygen atoms in total. The van der Waals surface area contributed by atoms with Crippen LogP contribution in [0.1, 0.15) is 41.6 Å². The number of hydroxylamine groups is 1. The van der Waals surface area contributed by atoms with Gasteiger partial charge in [0.2, 0.25) is 0 Å². The third-order valence-corrected chi connectivity index (χ3v) is 5.08. The number of amides is 1. The third kappa shape index (κ3) is 4.32. The van der Waals surface area contributed by atoms with Crippen molar-refractivity contribution in [1.29, 1.82) is 0 Å². The van der Waals surface area contributed by atoms with Crippen molar-refractivity contribution >= 4 is 39.9 Å². The van der Waals surface area contributed by atoms with Crippen molar-refractivity contribution in [2.45, 2.75) is 38.7 Å². The number of carbonyl (C=O) groups is 1. The average molecular weight is 472 g/mol. The molecule has 1 saturated carbocycles. The Morgan fingerprint density at radius 2 is 1.92 bits per heavy atom. The Hall–Kier alpha value is -1.74. The Bertz CT molecular complexity index is 823. The number of hydrogen-bond acceptors (Lipinski definition) is 3. The van der Waals surface area contributed by atoms with Crippen LogP contribution in [0, 0.1) is 22.1 Å². The van der Waals surface area contributed by atoms with Crippen LogP contribution in [0.3, 0.4) is 0 Å². The van der Waals surface area contributed by atoms with Gasteiger partial charge in [-0.15, -0.1) is 0 Å². The molecule has 0 spiro atoms. The van der Waals surface area contributed by atoms with Crippen molar-refractivity contribution in [2.24, 2.45) is 0 Å². The molecule has 1 aliphatic carbocycles. The molecule has 2 aromatic carbocycles. The highest BCUT2D eigenvalue weighted by atomic mass is 127. The molecular formula is C19H19F2IN2O2. The van der Waals surface area contributed by atoms with Gasteiger partial charge in [0.15, 0.2) is 11.6 Å². The summed E-state index contributed by atoms with van der Waals surface area (Å²) in [6, 6.07) is 7.69. The van der Waals surface area contributed by atoms with Gasteiger partial charge in [-0.2, -0.15) is 0 Å². The number of anilines is 2. The molecule has 0 aliphatic heterocycles. The first-order valence-corrected chi connectivity index (χ1v) is 9.50. The fourth-order valence-electron chi connectivity index (χ4n) is 2.96. The minimum Gasteiger partial charge on any atom is -0.352 e. The van der Waals surface area contributed by atoms with E-state index in [4.69, 9.17) is 4.84 Å². The maximum Gasteiger partial charge on any atom is 0.277 e. The number of aryl methyl sites for hydroxylation is 1. The van der Waals surface area contributed by atoms with Crippen LogP contribution in [0.25, 0.3) is 0 Å². The molecule has 0 heterocycles. The van der Waals surface area contributed by atoms with E-state index in [0.717, 1.165) is 40.9 Å². The van der Waals surface area contributed by atoms with E-state index < -0.39 is 17.5 Å². The average Bonchev–Trinajstić information content (AvgIpc) is 3.12. The van der Waals surface area contributed by atoms with E-state index >= 15 is 0 Å². The van der Waals surface area contributed by atoms with Crippen molar-refractivity contribution in [3.63, 3.8) is 0 Å². The van der Waals surface area contributed by atoms with Crippen LogP contribution in [0.5, 0.6) is 0 Å². The zero-order valence-electron chi connectivity index (χ0n) is 14.2. The lowest BCUT2D eigenvalue weighted by Crippen LogP contribution is -2.29. The summed E-state index contributed by atoms with van der Waals surface area (Å²) in [4.78, 5) is 17.8. The molecule has 3 rings (SSSR count). The lowest BCUT2D eigenvalue weighted by molar-refractivity contribution is -0.0124. The van der Waals surface area contributed by atoms with Gasteiger partial charge in [-0.05, 0) is 78.3 Å². The molecule has 0 radical (unpaired) electrons. The van der Waals surface area contributed by atoms with E-state index in [1.54, 1.807) is 6.07 Å². The first-order valence-electron chi connectivity index (χ1n) is 8.43. The molecule has 0 saturated heterocycles. The predicted molar refractivity (Wildman–Crippen MR) is 104 cm³/mol. The van der Waals surface area contributed by atoms with Gasteiger partial charge < -0.3 is 5.32 Å². The summed E-state index contributed by atoms with van der Waals surface area (Å²) in [5, 5.41) is 2.85. The number of nitrogens with one attached hydrogen (secondary N) is 2. The van der Waals surface area contributed by atoms with Crippen molar-refractivity contribution in [3.05, 3.63) is 56.7 Å². The summed E-state index contributed by atoms with van der Waals surface area (Å²) in [6.45, 7) is 1.85. The second-order valence-corrected chi connectivity index (χ2v) is 7.57. The van der Waals surface area contributed by atoms with Crippen LogP contribution >= 0.6 is 22.6 Å². The highest BCUT2D eigenvalue weighted by Crippen LogP contribution is 2.29. The van der Waals surface area contributed by atoms with Crippen LogP contribution in [-0.2, 0) is 4.84 Å². The normalized spacial score (nSPS) is 14.5. The largest absolute Gasteiger partial charge is 0.352 e. The van der Waals surface area contributed by atoms with E-state index in [1.807, 2.05) is 19.1 Å². The van der Waals surface area contributed by atoms with E-state index in [0.29, 0.717) is 5.69 Å². The zero-order chi connectivity index (χ0) is 18.7. The Balaban J connectivity index is 1.85. The molecule has 0 aromatic heterocycles. The van der Waals surface area contributed by atoms with Gasteiger partial charge in [0.05, 0.1) is 17.4 Å². The summed E-state index contributed by atoms with van der Waals surface area (Å²) in [5.74, 6) is -2.73. The highest BCUT2D eigenvalue weighted by molar-refractivity contribution is 14.1. The fourth-order valence-corrected chi connectivity index (χ4v) is 3.61. The van der Waals surface area contributed by atoms with E-state index in [1.165, 1.54) is 6.07 Å². The molecule has 2 aromatic rings. The van der Waals surface area contributed by atoms with Crippen LogP contribution in [-0.4, -0.2) is 12.0 Å². The first-order chi connectivity index (χ1) is 12.5. The van der Waals surface area contributed by atoms with Gasteiger partial charge in [0.1, 0.15) is 0 Å². The fraction of sp³-hybridized carbons (Fsp3) is 0.316. The summed E-state index contributed by atoms with van der Waals surface area (Å²) >= 11 is 2.17. The van der Waals surface area contributed by atoms with Gasteiger partial charge in [-0.3, -0.25) is 9.63 Å². The lowest BCUT2D eigenvalue weighted by Gasteiger charge is -2.16. The number of rotatable bonds is 5. The van der Waals surface area contributed by atoms with Crippen molar-refractivity contribution < 1.29 is 18.4 Å². The molecule has 2 N–H and O–H groups in total. The second-order valence-electron chi connectivity index (χ2n) is 6.32. The maximum atomic E-state index is 14.4. The van der Waals surface area contributed by atoms with Crippen LogP contribution in [0.15, 0.2) is 30.3 Å². The molecule has 7 heteroatoms. The topological polar surface area (TPSA) is 50.4 Å². The number of carbonyl (C=O) groups excluding carboxylic acids is 1. The van der Waals surface area contributed by atoms with E-state index in [9.17, 15) is 13.6 Å². The van der Waals surface area contributed by atoms with Crippen LogP contribution in [0.2, 0.25) is 0 Å². The summed E-state index contributed by atoms with van der Waals surface area (Å²) in [5.41, 5.74) is 3.60. The molecule has 0 unspecified atom stereocenters. The number of hydrogen-bond donors (Lipinski definition) is 2. The predicted octanol–water partition coefficient (Wildman–Crippen LogP) is 5.23. The molecule has 26 heavy (non-hydrogen) atoms. The number of benzene rings is 2. The van der Waals surface area contributed by atoms with Crippen molar-refractivity contribution in [2.75, 3.05) is 5.32 Å².